The molecule has 0 aliphatic carbocycles. The first-order valence-corrected chi connectivity index (χ1v) is 10.1. The lowest BCUT2D eigenvalue weighted by atomic mass is 10.0. The van der Waals surface area contributed by atoms with Crippen LogP contribution in [0.4, 0.5) is 5.69 Å². The van der Waals surface area contributed by atoms with Gasteiger partial charge in [0, 0.05) is 30.4 Å². The van der Waals surface area contributed by atoms with E-state index < -0.39 is 0 Å². The Hall–Kier alpha value is -1.45. The number of hydrogen-bond acceptors (Lipinski definition) is 3. The Morgan fingerprint density at radius 2 is 1.88 bits per heavy atom. The molecule has 1 N–H and O–H groups in total. The number of aliphatic hydroxyl groups excluding tert-OH is 1. The van der Waals surface area contributed by atoms with Crippen LogP contribution in [0.3, 0.4) is 0 Å². The molecule has 2 aromatic rings. The number of thioether (sulfide) groups is 1. The summed E-state index contributed by atoms with van der Waals surface area (Å²) in [5.41, 5.74) is 5.24. The van der Waals surface area contributed by atoms with Crippen molar-refractivity contribution in [3.63, 3.8) is 0 Å². The molecule has 2 nitrogen and oxygen atoms in total. The Bertz CT molecular complexity index is 681. The molecule has 2 rings (SSSR count). The van der Waals surface area contributed by atoms with E-state index in [1.807, 2.05) is 18.7 Å². The van der Waals surface area contributed by atoms with E-state index in [9.17, 15) is 5.11 Å². The van der Waals surface area contributed by atoms with Gasteiger partial charge in [-0.15, -0.1) is 11.8 Å². The third-order valence-corrected chi connectivity index (χ3v) is 6.00. The van der Waals surface area contributed by atoms with E-state index in [1.165, 1.54) is 27.3 Å². The van der Waals surface area contributed by atoms with Gasteiger partial charge in [-0.25, -0.2) is 0 Å². The van der Waals surface area contributed by atoms with E-state index in [0.29, 0.717) is 5.92 Å². The number of nitrogens with zero attached hydrogens (tertiary/aromatic N) is 1. The lowest BCUT2D eigenvalue weighted by Gasteiger charge is -2.20. The highest BCUT2D eigenvalue weighted by Gasteiger charge is 2.15. The van der Waals surface area contributed by atoms with Gasteiger partial charge < -0.3 is 10.0 Å². The van der Waals surface area contributed by atoms with Gasteiger partial charge in [-0.1, -0.05) is 43.2 Å². The second-order valence-electron chi connectivity index (χ2n) is 7.07. The van der Waals surface area contributed by atoms with Gasteiger partial charge in [0.2, 0.25) is 0 Å². The second kappa shape index (κ2) is 9.30. The van der Waals surface area contributed by atoms with Crippen molar-refractivity contribution in [1.82, 2.24) is 0 Å². The lowest BCUT2D eigenvalue weighted by molar-refractivity contribution is 0.135. The maximum Gasteiger partial charge on any atom is 0.0548 e. The smallest absolute Gasteiger partial charge is 0.0548 e. The molecule has 0 saturated carbocycles. The van der Waals surface area contributed by atoms with Gasteiger partial charge in [-0.2, -0.15) is 0 Å². The molecule has 136 valence electrons. The Morgan fingerprint density at radius 1 is 1.12 bits per heavy atom. The second-order valence-corrected chi connectivity index (χ2v) is 8.13. The zero-order valence-corrected chi connectivity index (χ0v) is 16.9. The summed E-state index contributed by atoms with van der Waals surface area (Å²) in [7, 11) is 4.16. The first kappa shape index (κ1) is 19.9. The number of benzene rings is 2. The Morgan fingerprint density at radius 3 is 2.48 bits per heavy atom. The monoisotopic (exact) mass is 357 g/mol. The standard InChI is InChI=1S/C22H31NOS/c1-6-19(17(3)24)15-25-22-11-10-21(23(4)5)14-20(22)13-18-9-7-8-16(2)12-18/h7-12,14,17,19,24H,6,13,15H2,1-5H3. The summed E-state index contributed by atoms with van der Waals surface area (Å²) in [6, 6.07) is 15.5. The molecule has 0 amide bonds. The molecule has 25 heavy (non-hydrogen) atoms. The molecule has 0 aliphatic heterocycles. The predicted octanol–water partition coefficient (Wildman–Crippen LogP) is 5.15. The van der Waals surface area contributed by atoms with Gasteiger partial charge in [-0.05, 0) is 55.5 Å². The minimum atomic E-state index is -0.251. The van der Waals surface area contributed by atoms with Gasteiger partial charge in [-0.3, -0.25) is 0 Å². The highest BCUT2D eigenvalue weighted by atomic mass is 32.2. The van der Waals surface area contributed by atoms with E-state index in [2.05, 4.69) is 75.3 Å². The molecular weight excluding hydrogens is 326 g/mol. The van der Waals surface area contributed by atoms with Crippen molar-refractivity contribution < 1.29 is 5.11 Å². The number of aliphatic hydroxyl groups is 1. The van der Waals surface area contributed by atoms with Crippen molar-refractivity contribution in [1.29, 1.82) is 0 Å². The fourth-order valence-corrected chi connectivity index (χ4v) is 4.35. The van der Waals surface area contributed by atoms with Crippen LogP contribution in [0.15, 0.2) is 47.4 Å². The number of anilines is 1. The molecule has 2 unspecified atom stereocenters. The number of aryl methyl sites for hydroxylation is 1. The fourth-order valence-electron chi connectivity index (χ4n) is 2.96. The van der Waals surface area contributed by atoms with Crippen LogP contribution in [0.5, 0.6) is 0 Å². The lowest BCUT2D eigenvalue weighted by Crippen LogP contribution is -2.18. The zero-order valence-electron chi connectivity index (χ0n) is 16.1. The van der Waals surface area contributed by atoms with Crippen LogP contribution in [-0.4, -0.2) is 31.1 Å². The molecule has 2 atom stereocenters. The van der Waals surface area contributed by atoms with Crippen molar-refractivity contribution >= 4 is 17.4 Å². The molecule has 0 spiro atoms. The summed E-state index contributed by atoms with van der Waals surface area (Å²) < 4.78 is 0. The van der Waals surface area contributed by atoms with Crippen molar-refractivity contribution in [2.75, 3.05) is 24.7 Å². The SMILES string of the molecule is CCC(CSc1ccc(N(C)C)cc1Cc1cccc(C)c1)C(C)O. The molecule has 0 bridgehead atoms. The maximum absolute atomic E-state index is 9.92. The van der Waals surface area contributed by atoms with Crippen LogP contribution < -0.4 is 4.90 Å². The normalized spacial score (nSPS) is 13.5. The van der Waals surface area contributed by atoms with E-state index in [0.717, 1.165) is 18.6 Å². The Balaban J connectivity index is 2.25. The largest absolute Gasteiger partial charge is 0.393 e. The van der Waals surface area contributed by atoms with Crippen molar-refractivity contribution in [2.45, 2.75) is 44.6 Å². The first-order chi connectivity index (χ1) is 11.9. The van der Waals surface area contributed by atoms with Crippen molar-refractivity contribution in [3.8, 4) is 0 Å². The highest BCUT2D eigenvalue weighted by molar-refractivity contribution is 7.99. The van der Waals surface area contributed by atoms with Crippen LogP contribution in [-0.2, 0) is 6.42 Å². The third kappa shape index (κ3) is 5.79. The average molecular weight is 358 g/mol. The molecule has 0 saturated heterocycles. The zero-order chi connectivity index (χ0) is 18.4. The Labute approximate surface area is 157 Å². The topological polar surface area (TPSA) is 23.5 Å². The van der Waals surface area contributed by atoms with Gasteiger partial charge in [0.05, 0.1) is 6.10 Å². The van der Waals surface area contributed by atoms with Crippen LogP contribution >= 0.6 is 11.8 Å². The summed E-state index contributed by atoms with van der Waals surface area (Å²) in [5, 5.41) is 9.92. The van der Waals surface area contributed by atoms with E-state index >= 15 is 0 Å². The van der Waals surface area contributed by atoms with Crippen LogP contribution in [0.25, 0.3) is 0 Å². The molecule has 0 aliphatic rings. The van der Waals surface area contributed by atoms with E-state index in [-0.39, 0.29) is 6.10 Å². The number of hydrogen-bond donors (Lipinski definition) is 1. The predicted molar refractivity (Wildman–Crippen MR) is 111 cm³/mol. The minimum absolute atomic E-state index is 0.251. The summed E-state index contributed by atoms with van der Waals surface area (Å²) in [5.74, 6) is 1.29. The minimum Gasteiger partial charge on any atom is -0.393 e. The molecule has 0 aromatic heterocycles. The van der Waals surface area contributed by atoms with Crippen LogP contribution in [0, 0.1) is 12.8 Å². The third-order valence-electron chi connectivity index (χ3n) is 4.70. The van der Waals surface area contributed by atoms with Crippen LogP contribution in [0.1, 0.15) is 37.0 Å². The van der Waals surface area contributed by atoms with Gasteiger partial charge in [0.1, 0.15) is 0 Å². The average Bonchev–Trinajstić information content (AvgIpc) is 2.56. The molecule has 2 aromatic carbocycles. The van der Waals surface area contributed by atoms with E-state index in [1.54, 1.807) is 0 Å². The molecule has 3 heteroatoms. The maximum atomic E-state index is 9.92. The van der Waals surface area contributed by atoms with Crippen molar-refractivity contribution in [2.24, 2.45) is 5.92 Å². The van der Waals surface area contributed by atoms with Gasteiger partial charge in [0.15, 0.2) is 0 Å². The van der Waals surface area contributed by atoms with Gasteiger partial charge in [0.25, 0.3) is 0 Å². The summed E-state index contributed by atoms with van der Waals surface area (Å²) in [6.07, 6.45) is 1.70. The summed E-state index contributed by atoms with van der Waals surface area (Å²) in [6.45, 7) is 6.20. The van der Waals surface area contributed by atoms with Crippen LogP contribution in [0.2, 0.25) is 0 Å². The quantitative estimate of drug-likeness (QED) is 0.661. The fraction of sp³-hybridized carbons (Fsp3) is 0.455. The molecule has 0 radical (unpaired) electrons. The molecule has 0 heterocycles. The summed E-state index contributed by atoms with van der Waals surface area (Å²) in [4.78, 5) is 3.48. The summed E-state index contributed by atoms with van der Waals surface area (Å²) >= 11 is 1.87. The molecular formula is C22H31NOS. The van der Waals surface area contributed by atoms with Crippen molar-refractivity contribution in [3.05, 3.63) is 59.2 Å². The number of rotatable bonds is 8. The van der Waals surface area contributed by atoms with Gasteiger partial charge >= 0.3 is 0 Å². The first-order valence-electron chi connectivity index (χ1n) is 9.07. The Kier molecular flexibility index (Phi) is 7.39. The highest BCUT2D eigenvalue weighted by Crippen LogP contribution is 2.31. The van der Waals surface area contributed by atoms with E-state index in [4.69, 9.17) is 0 Å². The molecule has 0 fully saturated rings.